The van der Waals surface area contributed by atoms with Crippen LogP contribution in [0.4, 0.5) is 5.69 Å². The molecule has 0 radical (unpaired) electrons. The van der Waals surface area contributed by atoms with E-state index in [4.69, 9.17) is 26.1 Å². The Morgan fingerprint density at radius 2 is 1.83 bits per heavy atom. The molecule has 0 fully saturated rings. The summed E-state index contributed by atoms with van der Waals surface area (Å²) in [6.45, 7) is 6.96. The van der Waals surface area contributed by atoms with Gasteiger partial charge in [0.1, 0.15) is 24.7 Å². The fourth-order valence-electron chi connectivity index (χ4n) is 4.56. The standard InChI is InChI=1S/C29H32ClN3O3/c1-5-22-10-8-9-20(2)29(22)33(21(3)18-35-4)28(34)17-32-26-12-7-6-11-25(26)31-27(32)19-36-24-15-13-23(30)14-16-24/h6-16,21H,5,17-19H2,1-4H3/t21-/m1/s1. The number of aromatic nitrogens is 2. The molecular weight excluding hydrogens is 474 g/mol. The Kier molecular flexibility index (Phi) is 8.28. The van der Waals surface area contributed by atoms with Crippen LogP contribution in [0.5, 0.6) is 5.75 Å². The van der Waals surface area contributed by atoms with E-state index in [1.807, 2.05) is 71.8 Å². The van der Waals surface area contributed by atoms with Gasteiger partial charge in [-0.2, -0.15) is 0 Å². The second-order valence-electron chi connectivity index (χ2n) is 8.85. The molecule has 4 aromatic rings. The first-order valence-electron chi connectivity index (χ1n) is 12.1. The van der Waals surface area contributed by atoms with Crippen molar-refractivity contribution in [1.29, 1.82) is 0 Å². The van der Waals surface area contributed by atoms with Gasteiger partial charge in [-0.3, -0.25) is 4.79 Å². The average Bonchev–Trinajstić information content (AvgIpc) is 3.22. The second kappa shape index (κ2) is 11.6. The molecule has 0 saturated carbocycles. The van der Waals surface area contributed by atoms with Crippen LogP contribution < -0.4 is 9.64 Å². The number of aryl methyl sites for hydroxylation is 2. The Balaban J connectivity index is 1.70. The lowest BCUT2D eigenvalue weighted by Crippen LogP contribution is -2.44. The van der Waals surface area contributed by atoms with Gasteiger partial charge in [-0.05, 0) is 67.8 Å². The summed E-state index contributed by atoms with van der Waals surface area (Å²) in [7, 11) is 1.66. The molecule has 188 valence electrons. The van der Waals surface area contributed by atoms with Gasteiger partial charge >= 0.3 is 0 Å². The van der Waals surface area contributed by atoms with Crippen molar-refractivity contribution in [2.24, 2.45) is 0 Å². The molecule has 0 aliphatic heterocycles. The summed E-state index contributed by atoms with van der Waals surface area (Å²) in [4.78, 5) is 20.7. The summed E-state index contributed by atoms with van der Waals surface area (Å²) in [6, 6.07) is 21.1. The van der Waals surface area contributed by atoms with Gasteiger partial charge in [0.2, 0.25) is 5.91 Å². The minimum Gasteiger partial charge on any atom is -0.486 e. The number of ether oxygens (including phenoxy) is 2. The fraction of sp³-hybridized carbons (Fsp3) is 0.310. The highest BCUT2D eigenvalue weighted by Crippen LogP contribution is 2.29. The summed E-state index contributed by atoms with van der Waals surface area (Å²) < 4.78 is 13.4. The van der Waals surface area contributed by atoms with Gasteiger partial charge in [-0.15, -0.1) is 0 Å². The van der Waals surface area contributed by atoms with Crippen molar-refractivity contribution in [3.63, 3.8) is 0 Å². The van der Waals surface area contributed by atoms with Crippen molar-refractivity contribution >= 4 is 34.2 Å². The number of imidazole rings is 1. The zero-order valence-electron chi connectivity index (χ0n) is 21.2. The van der Waals surface area contributed by atoms with E-state index in [2.05, 4.69) is 13.0 Å². The molecule has 7 heteroatoms. The van der Waals surface area contributed by atoms with Gasteiger partial charge in [0, 0.05) is 12.1 Å². The lowest BCUT2D eigenvalue weighted by Gasteiger charge is -2.32. The smallest absolute Gasteiger partial charge is 0.247 e. The summed E-state index contributed by atoms with van der Waals surface area (Å²) in [5.41, 5.74) is 4.86. The van der Waals surface area contributed by atoms with Crippen LogP contribution in [0.3, 0.4) is 0 Å². The van der Waals surface area contributed by atoms with E-state index in [0.717, 1.165) is 34.3 Å². The van der Waals surface area contributed by atoms with Crippen LogP contribution in [0.1, 0.15) is 30.8 Å². The molecule has 0 saturated heterocycles. The summed E-state index contributed by atoms with van der Waals surface area (Å²) >= 11 is 6.00. The maximum absolute atomic E-state index is 14.0. The predicted molar refractivity (Wildman–Crippen MR) is 145 cm³/mol. The first kappa shape index (κ1) is 25.7. The minimum absolute atomic E-state index is 0.0283. The van der Waals surface area contributed by atoms with Crippen LogP contribution >= 0.6 is 11.6 Å². The number of nitrogens with zero attached hydrogens (tertiary/aromatic N) is 3. The Hall–Kier alpha value is -3.35. The number of amides is 1. The van der Waals surface area contributed by atoms with E-state index in [0.29, 0.717) is 23.2 Å². The van der Waals surface area contributed by atoms with Crippen molar-refractivity contribution in [3.8, 4) is 5.75 Å². The van der Waals surface area contributed by atoms with Crippen LogP contribution in [0, 0.1) is 6.92 Å². The summed E-state index contributed by atoms with van der Waals surface area (Å²) in [6.07, 6.45) is 0.828. The average molecular weight is 506 g/mol. The van der Waals surface area contributed by atoms with Gasteiger partial charge < -0.3 is 18.9 Å². The largest absolute Gasteiger partial charge is 0.486 e. The number of carbonyl (C=O) groups excluding carboxylic acids is 1. The number of halogens is 1. The third-order valence-electron chi connectivity index (χ3n) is 6.27. The fourth-order valence-corrected chi connectivity index (χ4v) is 4.68. The number of methoxy groups -OCH3 is 1. The minimum atomic E-state index is -0.141. The molecule has 3 aromatic carbocycles. The normalized spacial score (nSPS) is 12.0. The SMILES string of the molecule is CCc1cccc(C)c1N(C(=O)Cn1c(COc2ccc(Cl)cc2)nc2ccccc21)[C@H](C)COC. The summed E-state index contributed by atoms with van der Waals surface area (Å²) in [5.74, 6) is 1.34. The van der Waals surface area contributed by atoms with Crippen LogP contribution in [0.15, 0.2) is 66.7 Å². The number of hydrogen-bond acceptors (Lipinski definition) is 4. The number of para-hydroxylation sites is 3. The molecule has 6 nitrogen and oxygen atoms in total. The first-order chi connectivity index (χ1) is 17.4. The van der Waals surface area contributed by atoms with Gasteiger partial charge in [-0.1, -0.05) is 48.9 Å². The Morgan fingerprint density at radius 3 is 2.56 bits per heavy atom. The van der Waals surface area contributed by atoms with Gasteiger partial charge in [-0.25, -0.2) is 4.98 Å². The zero-order valence-corrected chi connectivity index (χ0v) is 22.0. The third kappa shape index (κ3) is 5.55. The number of carbonyl (C=O) groups is 1. The molecule has 0 N–H and O–H groups in total. The Bertz CT molecular complexity index is 1330. The second-order valence-corrected chi connectivity index (χ2v) is 9.29. The highest BCUT2D eigenvalue weighted by Gasteiger charge is 2.27. The lowest BCUT2D eigenvalue weighted by atomic mass is 10.0. The maximum atomic E-state index is 14.0. The van der Waals surface area contributed by atoms with Crippen LogP contribution in [-0.2, 0) is 29.1 Å². The molecule has 1 heterocycles. The molecule has 36 heavy (non-hydrogen) atoms. The van der Waals surface area contributed by atoms with E-state index < -0.39 is 0 Å². The zero-order chi connectivity index (χ0) is 25.7. The van der Waals surface area contributed by atoms with E-state index in [1.54, 1.807) is 19.2 Å². The first-order valence-corrected chi connectivity index (χ1v) is 12.5. The number of hydrogen-bond donors (Lipinski definition) is 0. The van der Waals surface area contributed by atoms with E-state index >= 15 is 0 Å². The van der Waals surface area contributed by atoms with Crippen LogP contribution in [-0.4, -0.2) is 35.2 Å². The van der Waals surface area contributed by atoms with Crippen molar-refractivity contribution in [2.45, 2.75) is 46.4 Å². The van der Waals surface area contributed by atoms with Crippen molar-refractivity contribution < 1.29 is 14.3 Å². The Labute approximate surface area is 217 Å². The monoisotopic (exact) mass is 505 g/mol. The molecule has 1 atom stereocenters. The van der Waals surface area contributed by atoms with Crippen LogP contribution in [0.2, 0.25) is 5.02 Å². The Morgan fingerprint density at radius 1 is 1.08 bits per heavy atom. The van der Waals surface area contributed by atoms with E-state index in [9.17, 15) is 4.79 Å². The van der Waals surface area contributed by atoms with E-state index in [1.165, 1.54) is 0 Å². The molecule has 0 unspecified atom stereocenters. The molecule has 1 aromatic heterocycles. The lowest BCUT2D eigenvalue weighted by molar-refractivity contribution is -0.119. The van der Waals surface area contributed by atoms with Crippen molar-refractivity contribution in [3.05, 3.63) is 88.7 Å². The molecular formula is C29H32ClN3O3. The highest BCUT2D eigenvalue weighted by molar-refractivity contribution is 6.30. The molecule has 4 rings (SSSR count). The molecule has 0 aliphatic rings. The topological polar surface area (TPSA) is 56.6 Å². The van der Waals surface area contributed by atoms with Gasteiger partial charge in [0.15, 0.2) is 0 Å². The van der Waals surface area contributed by atoms with Crippen molar-refractivity contribution in [2.75, 3.05) is 18.6 Å². The number of anilines is 1. The number of rotatable bonds is 10. The van der Waals surface area contributed by atoms with Gasteiger partial charge in [0.25, 0.3) is 0 Å². The van der Waals surface area contributed by atoms with Gasteiger partial charge in [0.05, 0.1) is 29.4 Å². The predicted octanol–water partition coefficient (Wildman–Crippen LogP) is 6.21. The molecule has 1 amide bonds. The van der Waals surface area contributed by atoms with Crippen LogP contribution in [0.25, 0.3) is 11.0 Å². The molecule has 0 spiro atoms. The number of benzene rings is 3. The molecule has 0 aliphatic carbocycles. The highest BCUT2D eigenvalue weighted by atomic mass is 35.5. The quantitative estimate of drug-likeness (QED) is 0.257. The maximum Gasteiger partial charge on any atom is 0.247 e. The molecule has 0 bridgehead atoms. The van der Waals surface area contributed by atoms with E-state index in [-0.39, 0.29) is 25.1 Å². The summed E-state index contributed by atoms with van der Waals surface area (Å²) in [5, 5.41) is 0.646. The third-order valence-corrected chi connectivity index (χ3v) is 6.52. The number of fused-ring (bicyclic) bond motifs is 1. The van der Waals surface area contributed by atoms with Crippen molar-refractivity contribution in [1.82, 2.24) is 9.55 Å².